The number of carbonyl (C=O) groups is 3. The van der Waals surface area contributed by atoms with Crippen LogP contribution in [0.3, 0.4) is 0 Å². The van der Waals surface area contributed by atoms with E-state index in [1.165, 1.54) is 13.2 Å². The Kier molecular flexibility index (Phi) is 7.41. The highest BCUT2D eigenvalue weighted by Crippen LogP contribution is 2.16. The first-order chi connectivity index (χ1) is 13.8. The van der Waals surface area contributed by atoms with E-state index in [9.17, 15) is 14.4 Å². The Balaban J connectivity index is 2.01. The summed E-state index contributed by atoms with van der Waals surface area (Å²) in [6, 6.07) is 7.41. The monoisotopic (exact) mass is 402 g/mol. The van der Waals surface area contributed by atoms with Gasteiger partial charge in [0.25, 0.3) is 5.91 Å². The normalized spacial score (nSPS) is 11.7. The zero-order valence-corrected chi connectivity index (χ0v) is 17.2. The summed E-state index contributed by atoms with van der Waals surface area (Å²) in [5, 5.41) is 5.49. The molecular formula is C21H26N2O6. The molecular weight excluding hydrogens is 376 g/mol. The molecule has 156 valence electrons. The second-order valence-corrected chi connectivity index (χ2v) is 6.82. The Morgan fingerprint density at radius 3 is 2.31 bits per heavy atom. The van der Waals surface area contributed by atoms with Gasteiger partial charge >= 0.3 is 5.97 Å². The van der Waals surface area contributed by atoms with Crippen molar-refractivity contribution in [2.24, 2.45) is 5.92 Å². The highest BCUT2D eigenvalue weighted by atomic mass is 16.5. The second-order valence-electron chi connectivity index (χ2n) is 6.82. The van der Waals surface area contributed by atoms with Crippen LogP contribution in [-0.4, -0.2) is 38.0 Å². The van der Waals surface area contributed by atoms with E-state index < -0.39 is 12.0 Å². The molecule has 1 unspecified atom stereocenters. The molecule has 0 aliphatic carbocycles. The molecule has 0 saturated carbocycles. The van der Waals surface area contributed by atoms with E-state index in [4.69, 9.17) is 9.15 Å². The van der Waals surface area contributed by atoms with Crippen LogP contribution in [0.2, 0.25) is 0 Å². The number of hydrogen-bond donors (Lipinski definition) is 2. The lowest BCUT2D eigenvalue weighted by molar-refractivity contribution is -0.124. The molecule has 1 aromatic heterocycles. The van der Waals surface area contributed by atoms with Crippen LogP contribution >= 0.6 is 0 Å². The fourth-order valence-electron chi connectivity index (χ4n) is 2.73. The van der Waals surface area contributed by atoms with Crippen molar-refractivity contribution >= 4 is 17.8 Å². The largest absolute Gasteiger partial charge is 0.497 e. The summed E-state index contributed by atoms with van der Waals surface area (Å²) in [5.41, 5.74) is 0.735. The summed E-state index contributed by atoms with van der Waals surface area (Å²) in [7, 11) is 2.83. The summed E-state index contributed by atoms with van der Waals surface area (Å²) < 4.78 is 15.2. The van der Waals surface area contributed by atoms with Crippen molar-refractivity contribution < 1.29 is 28.3 Å². The number of carbonyl (C=O) groups excluding carboxylic acids is 3. The number of hydrogen-bond acceptors (Lipinski definition) is 6. The summed E-state index contributed by atoms with van der Waals surface area (Å²) in [4.78, 5) is 36.8. The number of amides is 2. The fourth-order valence-corrected chi connectivity index (χ4v) is 2.73. The quantitative estimate of drug-likeness (QED) is 0.657. The zero-order chi connectivity index (χ0) is 21.6. The maximum atomic E-state index is 12.6. The maximum Gasteiger partial charge on any atom is 0.341 e. The van der Waals surface area contributed by atoms with E-state index in [-0.39, 0.29) is 24.3 Å². The molecule has 1 heterocycles. The van der Waals surface area contributed by atoms with E-state index >= 15 is 0 Å². The Morgan fingerprint density at radius 2 is 1.76 bits per heavy atom. The van der Waals surface area contributed by atoms with Crippen LogP contribution in [0.4, 0.5) is 0 Å². The van der Waals surface area contributed by atoms with Gasteiger partial charge in [0.05, 0.1) is 20.8 Å². The van der Waals surface area contributed by atoms with Gasteiger partial charge in [0.1, 0.15) is 28.9 Å². The van der Waals surface area contributed by atoms with Gasteiger partial charge in [-0.15, -0.1) is 0 Å². The average molecular weight is 402 g/mol. The van der Waals surface area contributed by atoms with Crippen LogP contribution in [-0.2, 0) is 16.1 Å². The fraction of sp³-hybridized carbons (Fsp3) is 0.381. The van der Waals surface area contributed by atoms with Crippen LogP contribution in [0.5, 0.6) is 5.75 Å². The van der Waals surface area contributed by atoms with Crippen LogP contribution in [0.25, 0.3) is 0 Å². The average Bonchev–Trinajstić information content (AvgIpc) is 3.09. The van der Waals surface area contributed by atoms with E-state index in [0.717, 1.165) is 0 Å². The van der Waals surface area contributed by atoms with Crippen molar-refractivity contribution in [3.05, 3.63) is 53.0 Å². The Bertz CT molecular complexity index is 870. The summed E-state index contributed by atoms with van der Waals surface area (Å²) >= 11 is 0. The molecule has 2 rings (SSSR count). The van der Waals surface area contributed by atoms with Crippen LogP contribution in [0.15, 0.2) is 34.7 Å². The number of aryl methyl sites for hydroxylation is 1. The number of esters is 1. The van der Waals surface area contributed by atoms with Gasteiger partial charge in [0.2, 0.25) is 5.91 Å². The molecule has 0 bridgehead atoms. The first kappa shape index (κ1) is 22.0. The number of rotatable bonds is 8. The second kappa shape index (κ2) is 9.77. The van der Waals surface area contributed by atoms with Crippen LogP contribution in [0, 0.1) is 12.8 Å². The highest BCUT2D eigenvalue weighted by molar-refractivity contribution is 5.97. The third kappa shape index (κ3) is 5.60. The number of nitrogens with one attached hydrogen (secondary N) is 2. The Labute approximate surface area is 169 Å². The molecule has 8 nitrogen and oxygen atoms in total. The van der Waals surface area contributed by atoms with Gasteiger partial charge < -0.3 is 24.5 Å². The maximum absolute atomic E-state index is 12.6. The van der Waals surface area contributed by atoms with Gasteiger partial charge in [0.15, 0.2) is 0 Å². The predicted octanol–water partition coefficient (Wildman–Crippen LogP) is 2.45. The standard InChI is InChI=1S/C21H26N2O6/c1-12(2)18(23-19(24)14-6-8-15(27-4)9-7-14)20(25)22-11-16-10-17(13(3)29-16)21(26)28-5/h6-10,12,18H,11H2,1-5H3,(H,22,25)(H,23,24). The van der Waals surface area contributed by atoms with Crippen molar-refractivity contribution in [1.82, 2.24) is 10.6 Å². The molecule has 1 aromatic carbocycles. The molecule has 0 aliphatic heterocycles. The minimum Gasteiger partial charge on any atom is -0.497 e. The lowest BCUT2D eigenvalue weighted by atomic mass is 10.0. The SMILES string of the molecule is COC(=O)c1cc(CNC(=O)C(NC(=O)c2ccc(OC)cc2)C(C)C)oc1C. The zero-order valence-electron chi connectivity index (χ0n) is 17.2. The molecule has 8 heteroatoms. The van der Waals surface area contributed by atoms with Crippen LogP contribution in [0.1, 0.15) is 46.1 Å². The number of methoxy groups -OCH3 is 2. The Hall–Kier alpha value is -3.29. The van der Waals surface area contributed by atoms with E-state index in [0.29, 0.717) is 28.4 Å². The molecule has 2 aromatic rings. The smallest absolute Gasteiger partial charge is 0.341 e. The highest BCUT2D eigenvalue weighted by Gasteiger charge is 2.25. The number of furan rings is 1. The lowest BCUT2D eigenvalue weighted by Gasteiger charge is -2.21. The first-order valence-corrected chi connectivity index (χ1v) is 9.17. The molecule has 29 heavy (non-hydrogen) atoms. The third-order valence-corrected chi connectivity index (χ3v) is 4.40. The van der Waals surface area contributed by atoms with Crippen molar-refractivity contribution in [2.45, 2.75) is 33.4 Å². The van der Waals surface area contributed by atoms with Crippen molar-refractivity contribution in [3.63, 3.8) is 0 Å². The van der Waals surface area contributed by atoms with Crippen molar-refractivity contribution in [1.29, 1.82) is 0 Å². The third-order valence-electron chi connectivity index (χ3n) is 4.40. The van der Waals surface area contributed by atoms with Gasteiger partial charge in [-0.25, -0.2) is 4.79 Å². The van der Waals surface area contributed by atoms with Gasteiger partial charge in [-0.2, -0.15) is 0 Å². The van der Waals surface area contributed by atoms with Gasteiger partial charge in [0, 0.05) is 5.56 Å². The topological polar surface area (TPSA) is 107 Å². The Morgan fingerprint density at radius 1 is 1.10 bits per heavy atom. The van der Waals surface area contributed by atoms with Crippen molar-refractivity contribution in [3.8, 4) is 5.75 Å². The molecule has 0 fully saturated rings. The minimum atomic E-state index is -0.735. The molecule has 2 N–H and O–H groups in total. The number of ether oxygens (including phenoxy) is 2. The first-order valence-electron chi connectivity index (χ1n) is 9.17. The molecule has 0 saturated heterocycles. The van der Waals surface area contributed by atoms with Gasteiger partial charge in [-0.05, 0) is 43.2 Å². The van der Waals surface area contributed by atoms with E-state index in [1.54, 1.807) is 38.3 Å². The molecule has 1 atom stereocenters. The lowest BCUT2D eigenvalue weighted by Crippen LogP contribution is -2.49. The minimum absolute atomic E-state index is 0.0816. The molecule has 0 radical (unpaired) electrons. The molecule has 2 amide bonds. The number of benzene rings is 1. The van der Waals surface area contributed by atoms with Crippen molar-refractivity contribution in [2.75, 3.05) is 14.2 Å². The molecule has 0 spiro atoms. The van der Waals surface area contributed by atoms with Crippen LogP contribution < -0.4 is 15.4 Å². The van der Waals surface area contributed by atoms with Gasteiger partial charge in [-0.1, -0.05) is 13.8 Å². The van der Waals surface area contributed by atoms with E-state index in [1.807, 2.05) is 13.8 Å². The van der Waals surface area contributed by atoms with Gasteiger partial charge in [-0.3, -0.25) is 9.59 Å². The molecule has 0 aliphatic rings. The predicted molar refractivity (Wildman–Crippen MR) is 106 cm³/mol. The summed E-state index contributed by atoms with van der Waals surface area (Å²) in [6.45, 7) is 5.40. The van der Waals surface area contributed by atoms with E-state index in [2.05, 4.69) is 15.4 Å². The summed E-state index contributed by atoms with van der Waals surface area (Å²) in [6.07, 6.45) is 0. The summed E-state index contributed by atoms with van der Waals surface area (Å²) in [5.74, 6) is 0.116.